The van der Waals surface area contributed by atoms with Crippen molar-refractivity contribution in [2.24, 2.45) is 0 Å². The third kappa shape index (κ3) is 2.50. The van der Waals surface area contributed by atoms with Crippen LogP contribution in [0, 0.1) is 19.7 Å². The second-order valence-electron chi connectivity index (χ2n) is 4.71. The zero-order valence-corrected chi connectivity index (χ0v) is 11.7. The van der Waals surface area contributed by atoms with Gasteiger partial charge in [0.1, 0.15) is 11.6 Å². The van der Waals surface area contributed by atoms with Crippen LogP contribution in [0.3, 0.4) is 0 Å². The third-order valence-corrected chi connectivity index (χ3v) is 3.17. The molecule has 0 aliphatic heterocycles. The van der Waals surface area contributed by atoms with Crippen LogP contribution in [-0.2, 0) is 0 Å². The average Bonchev–Trinajstić information content (AvgIpc) is 2.43. The van der Waals surface area contributed by atoms with Gasteiger partial charge in [-0.2, -0.15) is 0 Å². The number of halogens is 1. The lowest BCUT2D eigenvalue weighted by atomic mass is 9.98. The van der Waals surface area contributed by atoms with Crippen molar-refractivity contribution < 1.29 is 13.9 Å². The molecule has 0 saturated heterocycles. The van der Waals surface area contributed by atoms with E-state index in [0.29, 0.717) is 33.7 Å². The molecule has 3 nitrogen and oxygen atoms in total. The molecule has 2 rings (SSSR count). The summed E-state index contributed by atoms with van der Waals surface area (Å²) < 4.78 is 18.8. The van der Waals surface area contributed by atoms with Gasteiger partial charge >= 0.3 is 0 Å². The summed E-state index contributed by atoms with van der Waals surface area (Å²) in [6.07, 6.45) is 0. The number of ketones is 1. The van der Waals surface area contributed by atoms with Gasteiger partial charge in [0.15, 0.2) is 5.78 Å². The number of aryl methyl sites for hydroxylation is 2. The van der Waals surface area contributed by atoms with Crippen molar-refractivity contribution >= 4 is 11.5 Å². The zero-order valence-electron chi connectivity index (χ0n) is 11.7. The van der Waals surface area contributed by atoms with Crippen LogP contribution in [0.25, 0.3) is 0 Å². The van der Waals surface area contributed by atoms with Crippen LogP contribution in [-0.4, -0.2) is 12.9 Å². The fourth-order valence-electron chi connectivity index (χ4n) is 2.14. The lowest BCUT2D eigenvalue weighted by Crippen LogP contribution is -2.06. The number of nitrogens with two attached hydrogens (primary N) is 1. The summed E-state index contributed by atoms with van der Waals surface area (Å²) in [4.78, 5) is 12.5. The number of ether oxygens (including phenoxy) is 1. The number of hydrogen-bond donors (Lipinski definition) is 1. The Morgan fingerprint density at radius 1 is 1.15 bits per heavy atom. The highest BCUT2D eigenvalue weighted by molar-refractivity contribution is 6.11. The fourth-order valence-corrected chi connectivity index (χ4v) is 2.14. The molecule has 0 spiro atoms. The highest BCUT2D eigenvalue weighted by atomic mass is 19.1. The molecular weight excluding hydrogens is 257 g/mol. The standard InChI is InChI=1S/C16H16FNO2/c1-9-6-11(7-10(2)15(9)17)16(19)13-8-12(18)4-5-14(13)20-3/h4-8H,18H2,1-3H3. The van der Waals surface area contributed by atoms with Gasteiger partial charge in [-0.1, -0.05) is 0 Å². The molecule has 0 heterocycles. The van der Waals surface area contributed by atoms with Crippen LogP contribution in [0.2, 0.25) is 0 Å². The van der Waals surface area contributed by atoms with Crippen LogP contribution in [0.15, 0.2) is 30.3 Å². The molecule has 0 atom stereocenters. The molecule has 104 valence electrons. The van der Waals surface area contributed by atoms with Crippen LogP contribution >= 0.6 is 0 Å². The first-order valence-electron chi connectivity index (χ1n) is 6.19. The summed E-state index contributed by atoms with van der Waals surface area (Å²) >= 11 is 0. The predicted octanol–water partition coefficient (Wildman–Crippen LogP) is 3.26. The van der Waals surface area contributed by atoms with Crippen molar-refractivity contribution in [2.45, 2.75) is 13.8 Å². The smallest absolute Gasteiger partial charge is 0.196 e. The van der Waals surface area contributed by atoms with E-state index in [0.717, 1.165) is 0 Å². The number of anilines is 1. The molecule has 4 heteroatoms. The van der Waals surface area contributed by atoms with Crippen LogP contribution < -0.4 is 10.5 Å². The van der Waals surface area contributed by atoms with Gasteiger partial charge in [-0.25, -0.2) is 4.39 Å². The molecule has 0 aliphatic carbocycles. The van der Waals surface area contributed by atoms with E-state index in [-0.39, 0.29) is 11.6 Å². The summed E-state index contributed by atoms with van der Waals surface area (Å²) in [6, 6.07) is 7.94. The molecule has 2 aromatic carbocycles. The number of benzene rings is 2. The summed E-state index contributed by atoms with van der Waals surface area (Å²) in [5.74, 6) is -0.0785. The fraction of sp³-hybridized carbons (Fsp3) is 0.188. The van der Waals surface area contributed by atoms with Gasteiger partial charge in [0, 0.05) is 11.3 Å². The minimum Gasteiger partial charge on any atom is -0.496 e. The Balaban J connectivity index is 2.54. The lowest BCUT2D eigenvalue weighted by molar-refractivity contribution is 0.103. The van der Waals surface area contributed by atoms with Crippen molar-refractivity contribution in [3.63, 3.8) is 0 Å². The molecule has 20 heavy (non-hydrogen) atoms. The molecule has 0 fully saturated rings. The molecule has 2 N–H and O–H groups in total. The van der Waals surface area contributed by atoms with E-state index >= 15 is 0 Å². The minimum atomic E-state index is -0.291. The first-order valence-corrected chi connectivity index (χ1v) is 6.19. The van der Waals surface area contributed by atoms with Crippen molar-refractivity contribution in [1.82, 2.24) is 0 Å². The Kier molecular flexibility index (Phi) is 3.74. The van der Waals surface area contributed by atoms with E-state index in [9.17, 15) is 9.18 Å². The number of carbonyl (C=O) groups is 1. The Hall–Kier alpha value is -2.36. The van der Waals surface area contributed by atoms with Crippen molar-refractivity contribution in [1.29, 1.82) is 0 Å². The van der Waals surface area contributed by atoms with Gasteiger partial charge in [0.25, 0.3) is 0 Å². The first kappa shape index (κ1) is 14.1. The van der Waals surface area contributed by atoms with Gasteiger partial charge in [-0.05, 0) is 55.3 Å². The highest BCUT2D eigenvalue weighted by Crippen LogP contribution is 2.25. The van der Waals surface area contributed by atoms with E-state index in [4.69, 9.17) is 10.5 Å². The van der Waals surface area contributed by atoms with Gasteiger partial charge in [0.2, 0.25) is 0 Å². The lowest BCUT2D eigenvalue weighted by Gasteiger charge is -2.10. The van der Waals surface area contributed by atoms with Gasteiger partial charge in [-0.15, -0.1) is 0 Å². The average molecular weight is 273 g/mol. The topological polar surface area (TPSA) is 52.3 Å². The first-order chi connectivity index (χ1) is 9.43. The molecule has 0 unspecified atom stereocenters. The monoisotopic (exact) mass is 273 g/mol. The normalized spacial score (nSPS) is 10.4. The van der Waals surface area contributed by atoms with Crippen molar-refractivity contribution in [3.8, 4) is 5.75 Å². The van der Waals surface area contributed by atoms with Gasteiger partial charge in [0.05, 0.1) is 12.7 Å². The van der Waals surface area contributed by atoms with Crippen molar-refractivity contribution in [3.05, 3.63) is 58.4 Å². The van der Waals surface area contributed by atoms with Crippen LogP contribution in [0.4, 0.5) is 10.1 Å². The predicted molar refractivity (Wildman–Crippen MR) is 76.7 cm³/mol. The molecule has 0 aromatic heterocycles. The summed E-state index contributed by atoms with van der Waals surface area (Å²) in [6.45, 7) is 3.27. The second-order valence-corrected chi connectivity index (χ2v) is 4.71. The largest absolute Gasteiger partial charge is 0.496 e. The van der Waals surface area contributed by atoms with E-state index in [1.165, 1.54) is 19.2 Å². The third-order valence-electron chi connectivity index (χ3n) is 3.17. The number of rotatable bonds is 3. The Morgan fingerprint density at radius 3 is 2.30 bits per heavy atom. The minimum absolute atomic E-state index is 0.236. The second kappa shape index (κ2) is 5.33. The van der Waals surface area contributed by atoms with Gasteiger partial charge in [-0.3, -0.25) is 4.79 Å². The highest BCUT2D eigenvalue weighted by Gasteiger charge is 2.17. The van der Waals surface area contributed by atoms with E-state index in [2.05, 4.69) is 0 Å². The van der Waals surface area contributed by atoms with Crippen LogP contribution in [0.1, 0.15) is 27.0 Å². The zero-order chi connectivity index (χ0) is 14.9. The molecule has 2 aromatic rings. The molecular formula is C16H16FNO2. The maximum Gasteiger partial charge on any atom is 0.196 e. The number of methoxy groups -OCH3 is 1. The number of carbonyl (C=O) groups excluding carboxylic acids is 1. The molecule has 0 radical (unpaired) electrons. The Labute approximate surface area is 117 Å². The molecule has 0 bridgehead atoms. The van der Waals surface area contributed by atoms with Crippen LogP contribution in [0.5, 0.6) is 5.75 Å². The van der Waals surface area contributed by atoms with E-state index < -0.39 is 0 Å². The van der Waals surface area contributed by atoms with Gasteiger partial charge < -0.3 is 10.5 Å². The van der Waals surface area contributed by atoms with E-state index in [1.807, 2.05) is 0 Å². The summed E-state index contributed by atoms with van der Waals surface area (Å²) in [7, 11) is 1.49. The maximum atomic E-state index is 13.6. The molecule has 0 saturated carbocycles. The summed E-state index contributed by atoms with van der Waals surface area (Å²) in [5, 5.41) is 0. The number of hydrogen-bond acceptors (Lipinski definition) is 3. The Bertz CT molecular complexity index is 657. The number of nitrogen functional groups attached to an aromatic ring is 1. The maximum absolute atomic E-state index is 13.6. The SMILES string of the molecule is COc1ccc(N)cc1C(=O)c1cc(C)c(F)c(C)c1. The summed E-state index contributed by atoms with van der Waals surface area (Å²) in [5.41, 5.74) is 7.87. The molecule has 0 aliphatic rings. The van der Waals surface area contributed by atoms with E-state index in [1.54, 1.807) is 32.0 Å². The Morgan fingerprint density at radius 2 is 1.75 bits per heavy atom. The molecule has 0 amide bonds. The van der Waals surface area contributed by atoms with Crippen molar-refractivity contribution in [2.75, 3.05) is 12.8 Å². The quantitative estimate of drug-likeness (QED) is 0.689.